The number of nitrogens with one attached hydrogen (secondary N) is 1. The molecule has 0 aliphatic heterocycles. The SMILES string of the molecule is CC(C)C[C@@H](NS(=O)(=O)c1ccc(S(C)(=O)=O)c(F)c1)C(=O)O. The van der Waals surface area contributed by atoms with Crippen molar-refractivity contribution >= 4 is 25.8 Å². The van der Waals surface area contributed by atoms with Gasteiger partial charge in [-0.25, -0.2) is 21.2 Å². The second kappa shape index (κ2) is 6.93. The number of rotatable bonds is 7. The Bertz CT molecular complexity index is 802. The Balaban J connectivity index is 3.18. The van der Waals surface area contributed by atoms with Gasteiger partial charge in [-0.15, -0.1) is 0 Å². The molecule has 0 saturated heterocycles. The summed E-state index contributed by atoms with van der Waals surface area (Å²) in [6.07, 6.45) is 0.847. The maximum Gasteiger partial charge on any atom is 0.321 e. The van der Waals surface area contributed by atoms with Crippen LogP contribution in [0.15, 0.2) is 28.0 Å². The third kappa shape index (κ3) is 5.26. The highest BCUT2D eigenvalue weighted by Gasteiger charge is 2.27. The largest absolute Gasteiger partial charge is 0.480 e. The second-order valence-corrected chi connectivity index (χ2v) is 9.20. The molecule has 1 rings (SSSR count). The summed E-state index contributed by atoms with van der Waals surface area (Å²) in [4.78, 5) is 9.94. The smallest absolute Gasteiger partial charge is 0.321 e. The molecular formula is C13H18FNO6S2. The number of aliphatic carboxylic acids is 1. The summed E-state index contributed by atoms with van der Waals surface area (Å²) in [6, 6.07) is 0.929. The van der Waals surface area contributed by atoms with Gasteiger partial charge < -0.3 is 5.11 Å². The molecule has 1 atom stereocenters. The van der Waals surface area contributed by atoms with Crippen LogP contribution in [-0.2, 0) is 24.7 Å². The van der Waals surface area contributed by atoms with Gasteiger partial charge >= 0.3 is 5.97 Å². The van der Waals surface area contributed by atoms with Gasteiger partial charge in [0.1, 0.15) is 16.8 Å². The number of hydrogen-bond acceptors (Lipinski definition) is 5. The van der Waals surface area contributed by atoms with Crippen molar-refractivity contribution in [3.8, 4) is 0 Å². The summed E-state index contributed by atoms with van der Waals surface area (Å²) in [7, 11) is -8.13. The van der Waals surface area contributed by atoms with Crippen LogP contribution in [0.3, 0.4) is 0 Å². The Kier molecular flexibility index (Phi) is 5.89. The Morgan fingerprint density at radius 2 is 1.83 bits per heavy atom. The van der Waals surface area contributed by atoms with Crippen LogP contribution in [0.25, 0.3) is 0 Å². The quantitative estimate of drug-likeness (QED) is 0.742. The van der Waals surface area contributed by atoms with Gasteiger partial charge in [0, 0.05) is 6.26 Å². The van der Waals surface area contributed by atoms with E-state index in [1.54, 1.807) is 13.8 Å². The zero-order chi connectivity index (χ0) is 18.0. The second-order valence-electron chi connectivity index (χ2n) is 5.51. The van der Waals surface area contributed by atoms with Crippen LogP contribution in [0, 0.1) is 11.7 Å². The molecule has 7 nitrogen and oxygen atoms in total. The normalized spacial score (nSPS) is 14.0. The van der Waals surface area contributed by atoms with E-state index in [0.29, 0.717) is 6.07 Å². The van der Waals surface area contributed by atoms with Crippen LogP contribution in [-0.4, -0.2) is 40.2 Å². The number of carbonyl (C=O) groups is 1. The molecule has 0 radical (unpaired) electrons. The highest BCUT2D eigenvalue weighted by molar-refractivity contribution is 7.90. The van der Waals surface area contributed by atoms with E-state index < -0.39 is 47.5 Å². The number of sulfone groups is 1. The third-order valence-corrected chi connectivity index (χ3v) is 5.52. The van der Waals surface area contributed by atoms with Crippen LogP contribution in [0.2, 0.25) is 0 Å². The van der Waals surface area contributed by atoms with Gasteiger partial charge in [0.2, 0.25) is 10.0 Å². The standard InChI is InChI=1S/C13H18FNO6S2/c1-8(2)6-11(13(16)17)15-23(20,21)9-4-5-12(10(14)7-9)22(3,18)19/h4-5,7-8,11,15H,6H2,1-3H3,(H,16,17)/t11-/m1/s1. The molecule has 0 aromatic heterocycles. The molecule has 0 saturated carbocycles. The molecule has 0 unspecified atom stereocenters. The third-order valence-electron chi connectivity index (χ3n) is 2.92. The topological polar surface area (TPSA) is 118 Å². The first-order valence-corrected chi connectivity index (χ1v) is 9.97. The average Bonchev–Trinajstić information content (AvgIpc) is 2.35. The Morgan fingerprint density at radius 1 is 1.26 bits per heavy atom. The molecule has 0 spiro atoms. The van der Waals surface area contributed by atoms with Crippen molar-refractivity contribution in [3.63, 3.8) is 0 Å². The highest BCUT2D eigenvalue weighted by atomic mass is 32.2. The van der Waals surface area contributed by atoms with Crippen molar-refractivity contribution in [2.24, 2.45) is 5.92 Å². The molecule has 130 valence electrons. The lowest BCUT2D eigenvalue weighted by Crippen LogP contribution is -2.41. The lowest BCUT2D eigenvalue weighted by Gasteiger charge is -2.16. The fraction of sp³-hybridized carbons (Fsp3) is 0.462. The Morgan fingerprint density at radius 3 is 2.22 bits per heavy atom. The average molecular weight is 367 g/mol. The van der Waals surface area contributed by atoms with E-state index in [4.69, 9.17) is 5.11 Å². The van der Waals surface area contributed by atoms with E-state index in [1.165, 1.54) is 0 Å². The Hall–Kier alpha value is -1.52. The number of carboxylic acids is 1. The van der Waals surface area contributed by atoms with Gasteiger partial charge in [-0.05, 0) is 30.5 Å². The van der Waals surface area contributed by atoms with Crippen LogP contribution in [0.1, 0.15) is 20.3 Å². The monoisotopic (exact) mass is 367 g/mol. The summed E-state index contributed by atoms with van der Waals surface area (Å²) in [5.74, 6) is -2.65. The van der Waals surface area contributed by atoms with Crippen molar-refractivity contribution < 1.29 is 31.1 Å². The van der Waals surface area contributed by atoms with E-state index in [0.717, 1.165) is 18.4 Å². The molecule has 0 bridgehead atoms. The molecule has 0 aliphatic carbocycles. The van der Waals surface area contributed by atoms with E-state index >= 15 is 0 Å². The maximum absolute atomic E-state index is 13.8. The number of benzene rings is 1. The summed E-state index contributed by atoms with van der Waals surface area (Å²) < 4.78 is 62.7. The minimum Gasteiger partial charge on any atom is -0.480 e. The predicted octanol–water partition coefficient (Wildman–Crippen LogP) is 1.01. The minimum atomic E-state index is -4.30. The first-order chi connectivity index (χ1) is 10.3. The van der Waals surface area contributed by atoms with Crippen LogP contribution < -0.4 is 4.72 Å². The molecule has 0 amide bonds. The van der Waals surface area contributed by atoms with Gasteiger partial charge in [0.05, 0.1) is 4.90 Å². The van der Waals surface area contributed by atoms with E-state index in [9.17, 15) is 26.0 Å². The number of halogens is 1. The lowest BCUT2D eigenvalue weighted by molar-refractivity contribution is -0.139. The molecule has 0 aliphatic rings. The number of carboxylic acid groups (broad SMARTS) is 1. The van der Waals surface area contributed by atoms with Crippen LogP contribution >= 0.6 is 0 Å². The summed E-state index contributed by atoms with van der Waals surface area (Å²) in [5, 5.41) is 9.06. The Labute approximate surface area is 134 Å². The molecule has 0 heterocycles. The van der Waals surface area contributed by atoms with Crippen molar-refractivity contribution in [1.29, 1.82) is 0 Å². The van der Waals surface area contributed by atoms with Crippen molar-refractivity contribution in [3.05, 3.63) is 24.0 Å². The maximum atomic E-state index is 13.8. The number of sulfonamides is 1. The zero-order valence-electron chi connectivity index (χ0n) is 12.8. The first-order valence-electron chi connectivity index (χ1n) is 6.59. The van der Waals surface area contributed by atoms with E-state index in [2.05, 4.69) is 0 Å². The van der Waals surface area contributed by atoms with Gasteiger partial charge in [-0.1, -0.05) is 13.8 Å². The van der Waals surface area contributed by atoms with Crippen molar-refractivity contribution in [2.45, 2.75) is 36.1 Å². The zero-order valence-corrected chi connectivity index (χ0v) is 14.4. The van der Waals surface area contributed by atoms with Gasteiger partial charge in [-0.3, -0.25) is 4.79 Å². The summed E-state index contributed by atoms with van der Waals surface area (Å²) in [6.45, 7) is 3.45. The fourth-order valence-corrected chi connectivity index (χ4v) is 3.82. The van der Waals surface area contributed by atoms with Crippen molar-refractivity contribution in [2.75, 3.05) is 6.26 Å². The van der Waals surface area contributed by atoms with E-state index in [1.807, 2.05) is 4.72 Å². The molecular weight excluding hydrogens is 349 g/mol. The molecule has 0 fully saturated rings. The summed E-state index contributed by atoms with van der Waals surface area (Å²) >= 11 is 0. The summed E-state index contributed by atoms with van der Waals surface area (Å²) in [5.41, 5.74) is 0. The fourth-order valence-electron chi connectivity index (χ4n) is 1.88. The van der Waals surface area contributed by atoms with Crippen molar-refractivity contribution in [1.82, 2.24) is 4.72 Å². The van der Waals surface area contributed by atoms with E-state index in [-0.39, 0.29) is 12.3 Å². The molecule has 23 heavy (non-hydrogen) atoms. The number of hydrogen-bond donors (Lipinski definition) is 2. The molecule has 2 N–H and O–H groups in total. The van der Waals surface area contributed by atoms with Crippen LogP contribution in [0.5, 0.6) is 0 Å². The van der Waals surface area contributed by atoms with Crippen LogP contribution in [0.4, 0.5) is 4.39 Å². The molecule has 10 heteroatoms. The lowest BCUT2D eigenvalue weighted by atomic mass is 10.1. The van der Waals surface area contributed by atoms with Gasteiger partial charge in [0.25, 0.3) is 0 Å². The minimum absolute atomic E-state index is 0.0540. The highest BCUT2D eigenvalue weighted by Crippen LogP contribution is 2.19. The first kappa shape index (κ1) is 19.5. The molecule has 1 aromatic carbocycles. The van der Waals surface area contributed by atoms with Gasteiger partial charge in [-0.2, -0.15) is 4.72 Å². The molecule has 1 aromatic rings. The van der Waals surface area contributed by atoms with Gasteiger partial charge in [0.15, 0.2) is 9.84 Å². The predicted molar refractivity (Wildman–Crippen MR) is 80.7 cm³/mol.